The fourth-order valence-electron chi connectivity index (χ4n) is 2.36. The van der Waals surface area contributed by atoms with Crippen molar-refractivity contribution >= 4 is 17.4 Å². The average molecular weight is 347 g/mol. The van der Waals surface area contributed by atoms with Gasteiger partial charge in [-0.05, 0) is 29.8 Å². The highest BCUT2D eigenvalue weighted by molar-refractivity contribution is 5.90. The standard InChI is InChI=1S/C21H21N3O2/c25-21(13-14-26-19-9-5-2-6-10-19)24-18-11-12-20(23-16-18)22-15-17-7-3-1-4-8-17/h1-12,16H,13-15H2,(H,22,23)(H,24,25). The van der Waals surface area contributed by atoms with E-state index in [4.69, 9.17) is 4.74 Å². The first-order valence-electron chi connectivity index (χ1n) is 8.51. The number of pyridine rings is 1. The van der Waals surface area contributed by atoms with Crippen LogP contribution in [0.1, 0.15) is 12.0 Å². The lowest BCUT2D eigenvalue weighted by atomic mass is 10.2. The van der Waals surface area contributed by atoms with Crippen LogP contribution in [0.25, 0.3) is 0 Å². The van der Waals surface area contributed by atoms with Crippen LogP contribution in [-0.2, 0) is 11.3 Å². The summed E-state index contributed by atoms with van der Waals surface area (Å²) in [6, 6.07) is 23.2. The number of hydrogen-bond donors (Lipinski definition) is 2. The van der Waals surface area contributed by atoms with Crippen LogP contribution in [-0.4, -0.2) is 17.5 Å². The highest BCUT2D eigenvalue weighted by atomic mass is 16.5. The van der Waals surface area contributed by atoms with E-state index in [-0.39, 0.29) is 12.3 Å². The fourth-order valence-corrected chi connectivity index (χ4v) is 2.36. The van der Waals surface area contributed by atoms with Gasteiger partial charge in [-0.1, -0.05) is 48.5 Å². The number of rotatable bonds is 8. The summed E-state index contributed by atoms with van der Waals surface area (Å²) in [5, 5.41) is 6.07. The average Bonchev–Trinajstić information content (AvgIpc) is 2.69. The summed E-state index contributed by atoms with van der Waals surface area (Å²) < 4.78 is 5.52. The van der Waals surface area contributed by atoms with E-state index in [2.05, 4.69) is 27.8 Å². The summed E-state index contributed by atoms with van der Waals surface area (Å²) in [4.78, 5) is 16.3. The molecule has 2 N–H and O–H groups in total. The maximum absolute atomic E-state index is 12.0. The highest BCUT2D eigenvalue weighted by Gasteiger charge is 2.04. The molecule has 0 bridgehead atoms. The van der Waals surface area contributed by atoms with Gasteiger partial charge in [0.25, 0.3) is 0 Å². The van der Waals surface area contributed by atoms with Gasteiger partial charge in [-0.15, -0.1) is 0 Å². The van der Waals surface area contributed by atoms with Crippen molar-refractivity contribution in [2.45, 2.75) is 13.0 Å². The van der Waals surface area contributed by atoms with Crippen molar-refractivity contribution in [3.05, 3.63) is 84.6 Å². The first kappa shape index (κ1) is 17.5. The number of carbonyl (C=O) groups is 1. The Bertz CT molecular complexity index is 806. The van der Waals surface area contributed by atoms with Gasteiger partial charge in [-0.3, -0.25) is 4.79 Å². The van der Waals surface area contributed by atoms with Gasteiger partial charge in [0.1, 0.15) is 11.6 Å². The highest BCUT2D eigenvalue weighted by Crippen LogP contribution is 2.12. The van der Waals surface area contributed by atoms with E-state index in [1.54, 1.807) is 6.20 Å². The minimum absolute atomic E-state index is 0.104. The van der Waals surface area contributed by atoms with Gasteiger partial charge in [0.05, 0.1) is 24.9 Å². The summed E-state index contributed by atoms with van der Waals surface area (Å²) >= 11 is 0. The van der Waals surface area contributed by atoms with E-state index >= 15 is 0 Å². The van der Waals surface area contributed by atoms with Crippen LogP contribution < -0.4 is 15.4 Å². The number of carbonyl (C=O) groups excluding carboxylic acids is 1. The molecule has 5 nitrogen and oxygen atoms in total. The van der Waals surface area contributed by atoms with E-state index < -0.39 is 0 Å². The molecule has 0 saturated heterocycles. The van der Waals surface area contributed by atoms with E-state index in [1.807, 2.05) is 60.7 Å². The second-order valence-corrected chi connectivity index (χ2v) is 5.73. The third kappa shape index (κ3) is 5.63. The number of para-hydroxylation sites is 1. The van der Waals surface area contributed by atoms with Crippen LogP contribution >= 0.6 is 0 Å². The van der Waals surface area contributed by atoms with Gasteiger partial charge in [-0.2, -0.15) is 0 Å². The maximum atomic E-state index is 12.0. The Labute approximate surface area is 153 Å². The van der Waals surface area contributed by atoms with Gasteiger partial charge in [0.2, 0.25) is 5.91 Å². The van der Waals surface area contributed by atoms with Crippen LogP contribution in [0.15, 0.2) is 79.0 Å². The minimum atomic E-state index is -0.104. The lowest BCUT2D eigenvalue weighted by molar-refractivity contribution is -0.116. The summed E-state index contributed by atoms with van der Waals surface area (Å²) in [5.41, 5.74) is 1.85. The first-order chi connectivity index (χ1) is 12.8. The lowest BCUT2D eigenvalue weighted by Gasteiger charge is -2.09. The molecule has 2 aromatic carbocycles. The van der Waals surface area contributed by atoms with E-state index in [0.717, 1.165) is 11.6 Å². The summed E-state index contributed by atoms with van der Waals surface area (Å²) in [5.74, 6) is 1.42. The minimum Gasteiger partial charge on any atom is -0.493 e. The van der Waals surface area contributed by atoms with Crippen molar-refractivity contribution < 1.29 is 9.53 Å². The summed E-state index contributed by atoms with van der Waals surface area (Å²) in [6.45, 7) is 1.04. The smallest absolute Gasteiger partial charge is 0.227 e. The number of nitrogens with one attached hydrogen (secondary N) is 2. The molecule has 0 atom stereocenters. The molecule has 0 fully saturated rings. The molecule has 132 valence electrons. The van der Waals surface area contributed by atoms with Crippen LogP contribution in [0.5, 0.6) is 5.75 Å². The molecule has 1 heterocycles. The second kappa shape index (κ2) is 9.22. The third-order valence-corrected chi connectivity index (χ3v) is 3.70. The zero-order valence-electron chi connectivity index (χ0n) is 14.4. The number of ether oxygens (including phenoxy) is 1. The number of aromatic nitrogens is 1. The molecule has 0 aliphatic carbocycles. The van der Waals surface area contributed by atoms with E-state index in [1.165, 1.54) is 5.56 Å². The number of amides is 1. The van der Waals surface area contributed by atoms with E-state index in [9.17, 15) is 4.79 Å². The van der Waals surface area contributed by atoms with Crippen LogP contribution in [0.3, 0.4) is 0 Å². The van der Waals surface area contributed by atoms with Gasteiger partial charge in [0.15, 0.2) is 0 Å². The molecule has 26 heavy (non-hydrogen) atoms. The molecule has 0 aliphatic rings. The number of nitrogens with zero attached hydrogens (tertiary/aromatic N) is 1. The molecule has 1 aromatic heterocycles. The van der Waals surface area contributed by atoms with Gasteiger partial charge < -0.3 is 15.4 Å². The van der Waals surface area contributed by atoms with Crippen LogP contribution in [0.2, 0.25) is 0 Å². The molecule has 0 aliphatic heterocycles. The van der Waals surface area contributed by atoms with Crippen molar-refractivity contribution in [2.75, 3.05) is 17.2 Å². The van der Waals surface area contributed by atoms with Crippen LogP contribution in [0, 0.1) is 0 Å². The summed E-state index contributed by atoms with van der Waals surface area (Å²) in [7, 11) is 0. The van der Waals surface area contributed by atoms with Gasteiger partial charge in [-0.25, -0.2) is 4.98 Å². The number of hydrogen-bond acceptors (Lipinski definition) is 4. The quantitative estimate of drug-likeness (QED) is 0.644. The predicted molar refractivity (Wildman–Crippen MR) is 103 cm³/mol. The Hall–Kier alpha value is -3.34. The van der Waals surface area contributed by atoms with Gasteiger partial charge in [0, 0.05) is 6.54 Å². The molecule has 3 aromatic rings. The zero-order chi connectivity index (χ0) is 18.0. The van der Waals surface area contributed by atoms with Crippen molar-refractivity contribution in [3.8, 4) is 5.75 Å². The van der Waals surface area contributed by atoms with Crippen molar-refractivity contribution in [1.29, 1.82) is 0 Å². The Kier molecular flexibility index (Phi) is 6.20. The monoisotopic (exact) mass is 347 g/mol. The fraction of sp³-hybridized carbons (Fsp3) is 0.143. The molecule has 3 rings (SSSR count). The molecular formula is C21H21N3O2. The van der Waals surface area contributed by atoms with Crippen molar-refractivity contribution in [1.82, 2.24) is 4.98 Å². The Morgan fingerprint density at radius 3 is 2.35 bits per heavy atom. The third-order valence-electron chi connectivity index (χ3n) is 3.70. The van der Waals surface area contributed by atoms with Crippen LogP contribution in [0.4, 0.5) is 11.5 Å². The van der Waals surface area contributed by atoms with Crippen molar-refractivity contribution in [3.63, 3.8) is 0 Å². The Morgan fingerprint density at radius 2 is 1.65 bits per heavy atom. The first-order valence-corrected chi connectivity index (χ1v) is 8.51. The number of benzene rings is 2. The zero-order valence-corrected chi connectivity index (χ0v) is 14.4. The Morgan fingerprint density at radius 1 is 0.923 bits per heavy atom. The second-order valence-electron chi connectivity index (χ2n) is 5.73. The molecule has 0 radical (unpaired) electrons. The number of anilines is 2. The maximum Gasteiger partial charge on any atom is 0.227 e. The molecule has 0 saturated carbocycles. The molecular weight excluding hydrogens is 326 g/mol. The largest absolute Gasteiger partial charge is 0.493 e. The summed E-state index contributed by atoms with van der Waals surface area (Å²) in [6.07, 6.45) is 1.92. The molecule has 5 heteroatoms. The normalized spacial score (nSPS) is 10.2. The van der Waals surface area contributed by atoms with Crippen molar-refractivity contribution in [2.24, 2.45) is 0 Å². The SMILES string of the molecule is O=C(CCOc1ccccc1)Nc1ccc(NCc2ccccc2)nc1. The molecule has 1 amide bonds. The molecule has 0 unspecified atom stereocenters. The van der Waals surface area contributed by atoms with E-state index in [0.29, 0.717) is 18.8 Å². The van der Waals surface area contributed by atoms with Gasteiger partial charge >= 0.3 is 0 Å². The Balaban J connectivity index is 1.41. The predicted octanol–water partition coefficient (Wildman–Crippen LogP) is 4.10. The lowest BCUT2D eigenvalue weighted by Crippen LogP contribution is -2.15. The molecule has 0 spiro atoms. The topological polar surface area (TPSA) is 63.2 Å².